The van der Waals surface area contributed by atoms with E-state index in [1.807, 2.05) is 61.5 Å². The van der Waals surface area contributed by atoms with Gasteiger partial charge >= 0.3 is 0 Å². The van der Waals surface area contributed by atoms with Gasteiger partial charge in [-0.15, -0.1) is 0 Å². The summed E-state index contributed by atoms with van der Waals surface area (Å²) >= 11 is 0. The van der Waals surface area contributed by atoms with Crippen LogP contribution in [-0.2, 0) is 0 Å². The molecular weight excluding hydrogens is 316 g/mol. The van der Waals surface area contributed by atoms with Crippen molar-refractivity contribution in [1.29, 1.82) is 0 Å². The summed E-state index contributed by atoms with van der Waals surface area (Å²) in [6.07, 6.45) is 1.57. The topological polar surface area (TPSA) is 79.4 Å². The van der Waals surface area contributed by atoms with E-state index in [0.29, 0.717) is 5.69 Å². The van der Waals surface area contributed by atoms with Crippen LogP contribution in [-0.4, -0.2) is 29.4 Å². The Morgan fingerprint density at radius 2 is 1.88 bits per heavy atom. The average Bonchev–Trinajstić information content (AvgIpc) is 3.04. The fourth-order valence-electron chi connectivity index (χ4n) is 2.41. The number of hydrazone groups is 1. The van der Waals surface area contributed by atoms with E-state index >= 15 is 0 Å². The van der Waals surface area contributed by atoms with E-state index in [-0.39, 0.29) is 5.91 Å². The van der Waals surface area contributed by atoms with Gasteiger partial charge in [0.15, 0.2) is 0 Å². The van der Waals surface area contributed by atoms with Gasteiger partial charge in [-0.2, -0.15) is 10.2 Å². The van der Waals surface area contributed by atoms with Crippen LogP contribution in [0.2, 0.25) is 0 Å². The predicted molar refractivity (Wildman–Crippen MR) is 96.8 cm³/mol. The first-order valence-electron chi connectivity index (χ1n) is 7.77. The molecule has 0 unspecified atom stereocenters. The van der Waals surface area contributed by atoms with Gasteiger partial charge in [-0.3, -0.25) is 9.89 Å². The van der Waals surface area contributed by atoms with Crippen molar-refractivity contribution in [2.24, 2.45) is 5.10 Å². The fraction of sp³-hybridized carbons (Fsp3) is 0.105. The van der Waals surface area contributed by atoms with E-state index in [0.717, 1.165) is 28.1 Å². The first-order valence-corrected chi connectivity index (χ1v) is 7.77. The van der Waals surface area contributed by atoms with Crippen LogP contribution in [0.25, 0.3) is 11.3 Å². The summed E-state index contributed by atoms with van der Waals surface area (Å²) in [6, 6.07) is 17.1. The van der Waals surface area contributed by atoms with Crippen LogP contribution in [0.15, 0.2) is 59.7 Å². The molecule has 0 aliphatic carbocycles. The Morgan fingerprint density at radius 1 is 1.16 bits per heavy atom. The van der Waals surface area contributed by atoms with Gasteiger partial charge in [0.25, 0.3) is 5.91 Å². The highest BCUT2D eigenvalue weighted by Gasteiger charge is 2.16. The van der Waals surface area contributed by atoms with Gasteiger partial charge in [-0.05, 0) is 36.8 Å². The van der Waals surface area contributed by atoms with E-state index in [2.05, 4.69) is 20.7 Å². The smallest absolute Gasteiger partial charge is 0.289 e. The van der Waals surface area contributed by atoms with Gasteiger partial charge in [0.2, 0.25) is 0 Å². The molecule has 6 nitrogen and oxygen atoms in total. The lowest BCUT2D eigenvalue weighted by atomic mass is 10.1. The van der Waals surface area contributed by atoms with Crippen LogP contribution in [0.5, 0.6) is 5.75 Å². The number of ether oxygens (including phenoxy) is 1. The molecule has 3 aromatic rings. The quantitative estimate of drug-likeness (QED) is 0.556. The van der Waals surface area contributed by atoms with E-state index < -0.39 is 0 Å². The Balaban J connectivity index is 1.69. The summed E-state index contributed by atoms with van der Waals surface area (Å²) in [5, 5.41) is 11.0. The maximum absolute atomic E-state index is 12.3. The number of hydrogen-bond acceptors (Lipinski definition) is 4. The molecule has 0 atom stereocenters. The maximum atomic E-state index is 12.3. The minimum Gasteiger partial charge on any atom is -0.497 e. The molecule has 2 aromatic carbocycles. The molecule has 0 fully saturated rings. The van der Waals surface area contributed by atoms with E-state index in [4.69, 9.17) is 4.74 Å². The average molecular weight is 334 g/mol. The Labute approximate surface area is 145 Å². The second kappa shape index (κ2) is 7.44. The molecule has 25 heavy (non-hydrogen) atoms. The summed E-state index contributed by atoms with van der Waals surface area (Å²) in [7, 11) is 1.61. The van der Waals surface area contributed by atoms with Crippen LogP contribution < -0.4 is 10.2 Å². The fourth-order valence-corrected chi connectivity index (χ4v) is 2.41. The number of aromatic amines is 1. The lowest BCUT2D eigenvalue weighted by Crippen LogP contribution is -2.19. The van der Waals surface area contributed by atoms with E-state index in [9.17, 15) is 4.79 Å². The van der Waals surface area contributed by atoms with Crippen molar-refractivity contribution in [3.8, 4) is 17.0 Å². The van der Waals surface area contributed by atoms with Crippen molar-refractivity contribution in [3.05, 3.63) is 71.4 Å². The SMILES string of the molecule is COc1ccc(/C=N\NC(=O)c2[nH]nc(-c3ccccc3)c2C)cc1. The molecule has 1 aromatic heterocycles. The van der Waals surface area contributed by atoms with E-state index in [1.165, 1.54) is 0 Å². The molecule has 0 saturated heterocycles. The third-order valence-electron chi connectivity index (χ3n) is 3.78. The number of rotatable bonds is 5. The number of nitrogens with one attached hydrogen (secondary N) is 2. The second-order valence-corrected chi connectivity index (χ2v) is 5.41. The molecule has 0 bridgehead atoms. The molecule has 6 heteroatoms. The Kier molecular flexibility index (Phi) is 4.89. The molecule has 0 saturated carbocycles. The zero-order valence-corrected chi connectivity index (χ0v) is 14.0. The Bertz CT molecular complexity index is 884. The molecule has 0 aliphatic heterocycles. The van der Waals surface area contributed by atoms with Crippen LogP contribution in [0.3, 0.4) is 0 Å². The Morgan fingerprint density at radius 3 is 2.56 bits per heavy atom. The zero-order chi connectivity index (χ0) is 17.6. The molecule has 0 spiro atoms. The first-order chi connectivity index (χ1) is 12.2. The lowest BCUT2D eigenvalue weighted by Gasteiger charge is -2.01. The van der Waals surface area contributed by atoms with Gasteiger partial charge < -0.3 is 4.74 Å². The first kappa shape index (κ1) is 16.4. The van der Waals surface area contributed by atoms with Crippen molar-refractivity contribution >= 4 is 12.1 Å². The number of benzene rings is 2. The summed E-state index contributed by atoms with van der Waals surface area (Å²) in [5.74, 6) is 0.430. The number of hydrogen-bond donors (Lipinski definition) is 2. The third kappa shape index (κ3) is 3.74. The van der Waals surface area contributed by atoms with Crippen molar-refractivity contribution in [2.75, 3.05) is 7.11 Å². The number of H-pyrrole nitrogens is 1. The molecule has 1 amide bonds. The van der Waals surface area contributed by atoms with Crippen LogP contribution in [0, 0.1) is 6.92 Å². The zero-order valence-electron chi connectivity index (χ0n) is 14.0. The van der Waals surface area contributed by atoms with Gasteiger partial charge in [0.05, 0.1) is 19.0 Å². The summed E-state index contributed by atoms with van der Waals surface area (Å²) < 4.78 is 5.10. The molecule has 2 N–H and O–H groups in total. The van der Waals surface area contributed by atoms with Gasteiger partial charge in [0, 0.05) is 11.1 Å². The normalized spacial score (nSPS) is 10.8. The minimum atomic E-state index is -0.336. The highest BCUT2D eigenvalue weighted by atomic mass is 16.5. The summed E-state index contributed by atoms with van der Waals surface area (Å²) in [4.78, 5) is 12.3. The number of carbonyl (C=O) groups excluding carboxylic acids is 1. The monoisotopic (exact) mass is 334 g/mol. The summed E-state index contributed by atoms with van der Waals surface area (Å²) in [5.41, 5.74) is 6.25. The van der Waals surface area contributed by atoms with E-state index in [1.54, 1.807) is 13.3 Å². The number of carbonyl (C=O) groups is 1. The number of nitrogens with zero attached hydrogens (tertiary/aromatic N) is 2. The van der Waals surface area contributed by atoms with Crippen molar-refractivity contribution in [3.63, 3.8) is 0 Å². The van der Waals surface area contributed by atoms with Crippen LogP contribution in [0.4, 0.5) is 0 Å². The molecule has 0 aliphatic rings. The third-order valence-corrected chi connectivity index (χ3v) is 3.78. The van der Waals surface area contributed by atoms with Crippen molar-refractivity contribution in [1.82, 2.24) is 15.6 Å². The van der Waals surface area contributed by atoms with Gasteiger partial charge in [0.1, 0.15) is 11.4 Å². The summed E-state index contributed by atoms with van der Waals surface area (Å²) in [6.45, 7) is 1.86. The second-order valence-electron chi connectivity index (χ2n) is 5.41. The Hall–Kier alpha value is -3.41. The molecule has 3 rings (SSSR count). The predicted octanol–water partition coefficient (Wildman–Crippen LogP) is 3.16. The maximum Gasteiger partial charge on any atom is 0.289 e. The molecular formula is C19H18N4O2. The van der Waals surface area contributed by atoms with Crippen molar-refractivity contribution in [2.45, 2.75) is 6.92 Å². The number of aromatic nitrogens is 2. The van der Waals surface area contributed by atoms with Gasteiger partial charge in [-0.25, -0.2) is 5.43 Å². The lowest BCUT2D eigenvalue weighted by molar-refractivity contribution is 0.0949. The molecule has 126 valence electrons. The molecule has 1 heterocycles. The van der Waals surface area contributed by atoms with Gasteiger partial charge in [-0.1, -0.05) is 30.3 Å². The number of methoxy groups -OCH3 is 1. The number of amides is 1. The molecule has 0 radical (unpaired) electrons. The standard InChI is InChI=1S/C19H18N4O2/c1-13-17(15-6-4-3-5-7-15)21-22-18(13)19(24)23-20-12-14-8-10-16(25-2)11-9-14/h3-12H,1-2H3,(H,21,22)(H,23,24)/b20-12-. The van der Waals surface area contributed by atoms with Crippen molar-refractivity contribution < 1.29 is 9.53 Å². The minimum absolute atomic E-state index is 0.336. The van der Waals surface area contributed by atoms with Crippen LogP contribution in [0.1, 0.15) is 21.6 Å². The largest absolute Gasteiger partial charge is 0.497 e. The highest BCUT2D eigenvalue weighted by Crippen LogP contribution is 2.22. The van der Waals surface area contributed by atoms with Crippen LogP contribution >= 0.6 is 0 Å². The highest BCUT2D eigenvalue weighted by molar-refractivity contribution is 5.95.